The van der Waals surface area contributed by atoms with Gasteiger partial charge >= 0.3 is 0 Å². The molecule has 1 fully saturated rings. The van der Waals surface area contributed by atoms with Crippen molar-refractivity contribution in [2.24, 2.45) is 11.7 Å². The number of hydrogen-bond donors (Lipinski definition) is 1. The van der Waals surface area contributed by atoms with Gasteiger partial charge in [-0.3, -0.25) is 4.90 Å². The average Bonchev–Trinajstić information content (AvgIpc) is 3.08. The van der Waals surface area contributed by atoms with Crippen molar-refractivity contribution in [3.8, 4) is 5.75 Å². The first kappa shape index (κ1) is 13.9. The number of hydrogen-bond acceptors (Lipinski definition) is 3. The van der Waals surface area contributed by atoms with E-state index in [1.807, 2.05) is 0 Å². The average molecular weight is 274 g/mol. The first-order valence-electron chi connectivity index (χ1n) is 8.00. The molecule has 2 N–H and O–H groups in total. The second kappa shape index (κ2) is 6.15. The Morgan fingerprint density at radius 2 is 2.10 bits per heavy atom. The van der Waals surface area contributed by atoms with Gasteiger partial charge in [0.15, 0.2) is 0 Å². The van der Waals surface area contributed by atoms with Gasteiger partial charge in [0, 0.05) is 18.7 Å². The molecular weight excluding hydrogens is 248 g/mol. The number of nitrogens with two attached hydrogens (primary N) is 1. The van der Waals surface area contributed by atoms with Crippen molar-refractivity contribution in [3.05, 3.63) is 28.8 Å². The highest BCUT2D eigenvalue weighted by molar-refractivity contribution is 5.44. The van der Waals surface area contributed by atoms with E-state index in [0.717, 1.165) is 32.0 Å². The van der Waals surface area contributed by atoms with E-state index in [1.54, 1.807) is 0 Å². The van der Waals surface area contributed by atoms with E-state index in [1.165, 1.54) is 48.9 Å². The number of benzene rings is 1. The summed E-state index contributed by atoms with van der Waals surface area (Å²) in [5.74, 6) is 1.78. The van der Waals surface area contributed by atoms with Crippen LogP contribution in [0.25, 0.3) is 0 Å². The molecule has 0 radical (unpaired) electrons. The molecule has 1 aromatic carbocycles. The molecular formula is C17H26N2O. The first-order chi connectivity index (χ1) is 9.80. The second-order valence-electron chi connectivity index (χ2n) is 6.14. The van der Waals surface area contributed by atoms with E-state index >= 15 is 0 Å². The van der Waals surface area contributed by atoms with Crippen molar-refractivity contribution in [2.75, 3.05) is 26.2 Å². The van der Waals surface area contributed by atoms with Gasteiger partial charge in [0.05, 0.1) is 6.61 Å². The molecule has 0 amide bonds. The van der Waals surface area contributed by atoms with E-state index in [9.17, 15) is 0 Å². The van der Waals surface area contributed by atoms with E-state index < -0.39 is 0 Å². The van der Waals surface area contributed by atoms with Crippen LogP contribution in [-0.2, 0) is 19.4 Å². The summed E-state index contributed by atoms with van der Waals surface area (Å²) in [6.45, 7) is 6.95. The lowest BCUT2D eigenvalue weighted by Crippen LogP contribution is -2.23. The zero-order valence-electron chi connectivity index (χ0n) is 12.5. The van der Waals surface area contributed by atoms with E-state index in [0.29, 0.717) is 5.92 Å². The van der Waals surface area contributed by atoms with Gasteiger partial charge in [0.2, 0.25) is 0 Å². The maximum absolute atomic E-state index is 5.87. The zero-order valence-corrected chi connectivity index (χ0v) is 12.5. The molecule has 3 rings (SSSR count). The van der Waals surface area contributed by atoms with Crippen molar-refractivity contribution >= 4 is 0 Å². The minimum atomic E-state index is 0.681. The van der Waals surface area contributed by atoms with Gasteiger partial charge in [-0.15, -0.1) is 0 Å². The molecule has 1 aliphatic carbocycles. The lowest BCUT2D eigenvalue weighted by Gasteiger charge is -2.19. The fourth-order valence-electron chi connectivity index (χ4n) is 3.56. The monoisotopic (exact) mass is 274 g/mol. The fourth-order valence-corrected chi connectivity index (χ4v) is 3.56. The Morgan fingerprint density at radius 1 is 1.30 bits per heavy atom. The number of rotatable bonds is 5. The summed E-state index contributed by atoms with van der Waals surface area (Å²) < 4.78 is 5.87. The van der Waals surface area contributed by atoms with Crippen LogP contribution in [0.4, 0.5) is 0 Å². The predicted molar refractivity (Wildman–Crippen MR) is 82.1 cm³/mol. The highest BCUT2D eigenvalue weighted by Crippen LogP contribution is 2.31. The van der Waals surface area contributed by atoms with Gasteiger partial charge in [-0.2, -0.15) is 0 Å². The molecule has 1 saturated heterocycles. The lowest BCUT2D eigenvalue weighted by atomic mass is 10.0. The van der Waals surface area contributed by atoms with Gasteiger partial charge in [-0.1, -0.05) is 6.07 Å². The molecule has 1 heterocycles. The first-order valence-corrected chi connectivity index (χ1v) is 8.00. The lowest BCUT2D eigenvalue weighted by molar-refractivity contribution is 0.297. The zero-order chi connectivity index (χ0) is 13.9. The molecule has 0 aromatic heterocycles. The fraction of sp³-hybridized carbons (Fsp3) is 0.647. The minimum absolute atomic E-state index is 0.681. The van der Waals surface area contributed by atoms with Gasteiger partial charge in [-0.25, -0.2) is 0 Å². The maximum Gasteiger partial charge on any atom is 0.124 e. The van der Waals surface area contributed by atoms with Crippen LogP contribution in [0.1, 0.15) is 36.5 Å². The molecule has 1 aliphatic heterocycles. The predicted octanol–water partition coefficient (Wildman–Crippen LogP) is 2.35. The standard InChI is InChI=1S/C17H26N2O/c1-2-20-17-9-15-5-3-4-14(15)8-16(17)12-19-7-6-13(10-18)11-19/h8-9,13H,2-7,10-12,18H2,1H3. The summed E-state index contributed by atoms with van der Waals surface area (Å²) >= 11 is 0. The van der Waals surface area contributed by atoms with Crippen LogP contribution in [0, 0.1) is 5.92 Å². The van der Waals surface area contributed by atoms with Crippen LogP contribution in [0.5, 0.6) is 5.75 Å². The number of nitrogens with zero attached hydrogens (tertiary/aromatic N) is 1. The Morgan fingerprint density at radius 3 is 2.80 bits per heavy atom. The van der Waals surface area contributed by atoms with Gasteiger partial charge in [0.25, 0.3) is 0 Å². The van der Waals surface area contributed by atoms with E-state index in [4.69, 9.17) is 10.5 Å². The number of aryl methyl sites for hydroxylation is 2. The van der Waals surface area contributed by atoms with Crippen molar-refractivity contribution in [3.63, 3.8) is 0 Å². The Balaban J connectivity index is 1.77. The highest BCUT2D eigenvalue weighted by Gasteiger charge is 2.23. The Hall–Kier alpha value is -1.06. The summed E-state index contributed by atoms with van der Waals surface area (Å²) in [6.07, 6.45) is 4.99. The summed E-state index contributed by atoms with van der Waals surface area (Å²) in [5, 5.41) is 0. The molecule has 0 saturated carbocycles. The Bertz CT molecular complexity index is 472. The number of likely N-dealkylation sites (tertiary alicyclic amines) is 1. The van der Waals surface area contributed by atoms with Crippen LogP contribution in [-0.4, -0.2) is 31.1 Å². The van der Waals surface area contributed by atoms with Gasteiger partial charge < -0.3 is 10.5 Å². The third kappa shape index (κ3) is 2.84. The van der Waals surface area contributed by atoms with E-state index in [2.05, 4.69) is 24.0 Å². The third-order valence-electron chi connectivity index (χ3n) is 4.67. The van der Waals surface area contributed by atoms with Crippen molar-refractivity contribution < 1.29 is 4.74 Å². The Labute approximate surface area is 122 Å². The molecule has 110 valence electrons. The molecule has 3 nitrogen and oxygen atoms in total. The van der Waals surface area contributed by atoms with Crippen molar-refractivity contribution in [1.29, 1.82) is 0 Å². The van der Waals surface area contributed by atoms with Gasteiger partial charge in [0.1, 0.15) is 5.75 Å². The highest BCUT2D eigenvalue weighted by atomic mass is 16.5. The summed E-state index contributed by atoms with van der Waals surface area (Å²) in [5.41, 5.74) is 10.2. The third-order valence-corrected chi connectivity index (χ3v) is 4.67. The van der Waals surface area contributed by atoms with Crippen LogP contribution in [0.2, 0.25) is 0 Å². The molecule has 0 spiro atoms. The molecule has 3 heteroatoms. The minimum Gasteiger partial charge on any atom is -0.494 e. The maximum atomic E-state index is 5.87. The summed E-state index contributed by atoms with van der Waals surface area (Å²) in [4.78, 5) is 2.52. The molecule has 1 aromatic rings. The smallest absolute Gasteiger partial charge is 0.124 e. The molecule has 0 bridgehead atoms. The molecule has 20 heavy (non-hydrogen) atoms. The van der Waals surface area contributed by atoms with Crippen molar-refractivity contribution in [2.45, 2.75) is 39.2 Å². The number of ether oxygens (including phenoxy) is 1. The summed E-state index contributed by atoms with van der Waals surface area (Å²) in [7, 11) is 0. The van der Waals surface area contributed by atoms with E-state index in [-0.39, 0.29) is 0 Å². The largest absolute Gasteiger partial charge is 0.494 e. The molecule has 2 aliphatic rings. The Kier molecular flexibility index (Phi) is 4.27. The topological polar surface area (TPSA) is 38.5 Å². The molecule has 1 atom stereocenters. The van der Waals surface area contributed by atoms with Crippen LogP contribution in [0.15, 0.2) is 12.1 Å². The van der Waals surface area contributed by atoms with Crippen molar-refractivity contribution in [1.82, 2.24) is 4.90 Å². The van der Waals surface area contributed by atoms with Crippen LogP contribution < -0.4 is 10.5 Å². The SMILES string of the molecule is CCOc1cc2c(cc1CN1CCC(CN)C1)CCC2. The molecule has 1 unspecified atom stereocenters. The number of fused-ring (bicyclic) bond motifs is 1. The summed E-state index contributed by atoms with van der Waals surface area (Å²) in [6, 6.07) is 4.68. The van der Waals surface area contributed by atoms with Crippen LogP contribution in [0.3, 0.4) is 0 Å². The van der Waals surface area contributed by atoms with Gasteiger partial charge in [-0.05, 0) is 68.8 Å². The second-order valence-corrected chi connectivity index (χ2v) is 6.14. The quantitative estimate of drug-likeness (QED) is 0.896. The van der Waals surface area contributed by atoms with Crippen LogP contribution >= 0.6 is 0 Å². The normalized spacial score (nSPS) is 22.2.